The molecule has 0 spiro atoms. The standard InChI is InChI=1S/C4H9O2.Mo/c5-3-1-2-4-6;/h3,5-6H,1-2,4H2;. The average Bonchev–Trinajstić information content (AvgIpc) is 1.61. The Morgan fingerprint density at radius 2 is 2.14 bits per heavy atom. The van der Waals surface area contributed by atoms with Gasteiger partial charge in [-0.15, -0.1) is 0 Å². The fraction of sp³-hybridized carbons (Fsp3) is 1.00. The number of aliphatic hydroxyl groups excluding tert-OH is 2. The third-order valence-corrected chi connectivity index (χ3v) is 1.19. The molecule has 7 heavy (non-hydrogen) atoms. The molecule has 1 atom stereocenters. The van der Waals surface area contributed by atoms with Gasteiger partial charge in [0.25, 0.3) is 0 Å². The third-order valence-electron chi connectivity index (χ3n) is 0.609. The van der Waals surface area contributed by atoms with Crippen LogP contribution in [0.15, 0.2) is 0 Å². The van der Waals surface area contributed by atoms with Gasteiger partial charge in [0, 0.05) is 0 Å². The Balaban J connectivity index is 2.68. The molecule has 0 aliphatic carbocycles. The van der Waals surface area contributed by atoms with Crippen LogP contribution in [0.1, 0.15) is 12.8 Å². The molecular formula is C4H9MoO2. The topological polar surface area (TPSA) is 40.5 Å². The summed E-state index contributed by atoms with van der Waals surface area (Å²) >= 11 is 1.65. The summed E-state index contributed by atoms with van der Waals surface area (Å²) in [6, 6.07) is 0. The first-order valence-corrected chi connectivity index (χ1v) is 3.38. The molecule has 2 N–H and O–H groups in total. The normalized spacial score (nSPS) is 14.0. The quantitative estimate of drug-likeness (QED) is 0.588. The van der Waals surface area contributed by atoms with Crippen LogP contribution in [0.3, 0.4) is 0 Å². The first-order valence-electron chi connectivity index (χ1n) is 2.22. The number of hydrogen-bond acceptors (Lipinski definition) is 2. The van der Waals surface area contributed by atoms with Gasteiger partial charge in [-0.1, -0.05) is 0 Å². The van der Waals surface area contributed by atoms with Gasteiger partial charge in [-0.05, 0) is 0 Å². The van der Waals surface area contributed by atoms with Crippen LogP contribution in [-0.4, -0.2) is 21.3 Å². The minimum atomic E-state index is -0.247. The second kappa shape index (κ2) is 4.76. The van der Waals surface area contributed by atoms with Crippen LogP contribution in [0.5, 0.6) is 0 Å². The Bertz CT molecular complexity index is 38.7. The van der Waals surface area contributed by atoms with Gasteiger partial charge < -0.3 is 0 Å². The molecule has 0 aromatic carbocycles. The summed E-state index contributed by atoms with van der Waals surface area (Å²) in [5, 5.41) is 16.8. The van der Waals surface area contributed by atoms with Crippen molar-refractivity contribution in [2.24, 2.45) is 0 Å². The van der Waals surface area contributed by atoms with E-state index < -0.39 is 0 Å². The molecule has 2 nitrogen and oxygen atoms in total. The first kappa shape index (κ1) is 7.61. The van der Waals surface area contributed by atoms with Crippen LogP contribution >= 0.6 is 0 Å². The van der Waals surface area contributed by atoms with Crippen molar-refractivity contribution in [1.82, 2.24) is 0 Å². The van der Waals surface area contributed by atoms with E-state index >= 15 is 0 Å². The van der Waals surface area contributed by atoms with Gasteiger partial charge in [0.1, 0.15) is 0 Å². The van der Waals surface area contributed by atoms with Crippen LogP contribution in [0, 0.1) is 0 Å². The second-order valence-electron chi connectivity index (χ2n) is 1.32. The van der Waals surface area contributed by atoms with Gasteiger partial charge in [0.2, 0.25) is 0 Å². The van der Waals surface area contributed by atoms with Crippen molar-refractivity contribution in [1.29, 1.82) is 0 Å². The minimum absolute atomic E-state index is 0.187. The molecule has 0 heterocycles. The molecule has 0 amide bonds. The summed E-state index contributed by atoms with van der Waals surface area (Å²) < 4.78 is -0.247. The van der Waals surface area contributed by atoms with E-state index in [1.165, 1.54) is 0 Å². The van der Waals surface area contributed by atoms with Crippen LogP contribution in [0.4, 0.5) is 0 Å². The number of rotatable bonds is 3. The van der Waals surface area contributed by atoms with E-state index in [0.717, 1.165) is 0 Å². The van der Waals surface area contributed by atoms with Crippen molar-refractivity contribution in [2.75, 3.05) is 6.61 Å². The van der Waals surface area contributed by atoms with Crippen molar-refractivity contribution in [3.63, 3.8) is 0 Å². The van der Waals surface area contributed by atoms with Crippen molar-refractivity contribution in [2.45, 2.75) is 17.3 Å². The Labute approximate surface area is 54.4 Å². The molecule has 1 unspecified atom stereocenters. The molecule has 0 fully saturated rings. The molecule has 0 aliphatic heterocycles. The Hall–Kier alpha value is 0.608. The molecule has 0 radical (unpaired) electrons. The van der Waals surface area contributed by atoms with E-state index in [2.05, 4.69) is 0 Å². The zero-order valence-corrected chi connectivity index (χ0v) is 6.01. The second-order valence-corrected chi connectivity index (χ2v) is 2.66. The van der Waals surface area contributed by atoms with E-state index in [0.29, 0.717) is 12.8 Å². The van der Waals surface area contributed by atoms with Gasteiger partial charge >= 0.3 is 54.0 Å². The summed E-state index contributed by atoms with van der Waals surface area (Å²) in [6.07, 6.45) is 1.42. The summed E-state index contributed by atoms with van der Waals surface area (Å²) in [5.41, 5.74) is 0. The SMILES string of the molecule is OCCC[CH](O)[Mo]. The van der Waals surface area contributed by atoms with Crippen molar-refractivity contribution < 1.29 is 30.0 Å². The van der Waals surface area contributed by atoms with Crippen molar-refractivity contribution >= 4 is 0 Å². The van der Waals surface area contributed by atoms with Crippen molar-refractivity contribution in [3.05, 3.63) is 0 Å². The van der Waals surface area contributed by atoms with Crippen LogP contribution in [-0.2, 0) is 19.8 Å². The van der Waals surface area contributed by atoms with E-state index in [9.17, 15) is 0 Å². The number of hydrogen-bond donors (Lipinski definition) is 2. The first-order chi connectivity index (χ1) is 3.27. The molecule has 0 bridgehead atoms. The predicted octanol–water partition coefficient (Wildman–Crippen LogP) is -0.376. The van der Waals surface area contributed by atoms with Gasteiger partial charge in [-0.2, -0.15) is 0 Å². The molecule has 0 aliphatic rings. The molecule has 3 heteroatoms. The van der Waals surface area contributed by atoms with Crippen LogP contribution in [0.25, 0.3) is 0 Å². The molecular weight excluding hydrogens is 176 g/mol. The van der Waals surface area contributed by atoms with Crippen LogP contribution < -0.4 is 0 Å². The average molecular weight is 185 g/mol. The summed E-state index contributed by atoms with van der Waals surface area (Å²) in [7, 11) is 0. The fourth-order valence-corrected chi connectivity index (χ4v) is 0.676. The third kappa shape index (κ3) is 6.61. The maximum absolute atomic E-state index is 8.58. The molecule has 0 saturated heterocycles. The van der Waals surface area contributed by atoms with Gasteiger partial charge in [-0.3, -0.25) is 0 Å². The molecule has 0 rings (SSSR count). The maximum atomic E-state index is 8.58. The Morgan fingerprint density at radius 3 is 2.29 bits per heavy atom. The van der Waals surface area contributed by atoms with Crippen LogP contribution in [0.2, 0.25) is 0 Å². The van der Waals surface area contributed by atoms with E-state index in [1.807, 2.05) is 0 Å². The monoisotopic (exact) mass is 187 g/mol. The van der Waals surface area contributed by atoms with Gasteiger partial charge in [0.15, 0.2) is 0 Å². The van der Waals surface area contributed by atoms with Gasteiger partial charge in [-0.25, -0.2) is 0 Å². The summed E-state index contributed by atoms with van der Waals surface area (Å²) in [6.45, 7) is 0.187. The van der Waals surface area contributed by atoms with Crippen molar-refractivity contribution in [3.8, 4) is 0 Å². The van der Waals surface area contributed by atoms with Gasteiger partial charge in [0.05, 0.1) is 0 Å². The fourth-order valence-electron chi connectivity index (χ4n) is 0.266. The zero-order chi connectivity index (χ0) is 5.70. The van der Waals surface area contributed by atoms with E-state index in [-0.39, 0.29) is 11.1 Å². The molecule has 0 aromatic rings. The molecule has 43 valence electrons. The number of aliphatic hydroxyl groups is 2. The Kier molecular flexibility index (Phi) is 5.17. The predicted molar refractivity (Wildman–Crippen MR) is 22.3 cm³/mol. The molecule has 0 saturated carbocycles. The molecule has 0 aromatic heterocycles. The summed E-state index contributed by atoms with van der Waals surface area (Å²) in [4.78, 5) is 0. The van der Waals surface area contributed by atoms with E-state index in [1.54, 1.807) is 19.8 Å². The summed E-state index contributed by atoms with van der Waals surface area (Å²) in [5.74, 6) is 0. The Morgan fingerprint density at radius 1 is 1.57 bits per heavy atom. The zero-order valence-electron chi connectivity index (χ0n) is 4.00. The van der Waals surface area contributed by atoms with E-state index in [4.69, 9.17) is 10.2 Å².